The van der Waals surface area contributed by atoms with E-state index in [1.165, 1.54) is 6.33 Å². The average molecular weight is 268 g/mol. The van der Waals surface area contributed by atoms with Gasteiger partial charge < -0.3 is 10.4 Å². The van der Waals surface area contributed by atoms with E-state index < -0.39 is 5.97 Å². The maximum Gasteiger partial charge on any atom is 0.335 e. The van der Waals surface area contributed by atoms with E-state index in [1.807, 2.05) is 19.1 Å². The zero-order valence-corrected chi connectivity index (χ0v) is 10.7. The van der Waals surface area contributed by atoms with Gasteiger partial charge in [-0.2, -0.15) is 9.61 Å². The number of anilines is 2. The molecule has 0 fully saturated rings. The summed E-state index contributed by atoms with van der Waals surface area (Å²) in [4.78, 5) is 15.0. The Balaban J connectivity index is 1.96. The van der Waals surface area contributed by atoms with Crippen molar-refractivity contribution < 1.29 is 9.90 Å². The molecule has 1 aromatic carbocycles. The van der Waals surface area contributed by atoms with E-state index in [0.29, 0.717) is 0 Å². The van der Waals surface area contributed by atoms with Gasteiger partial charge in [0.05, 0.1) is 5.56 Å². The van der Waals surface area contributed by atoms with E-state index in [9.17, 15) is 4.79 Å². The second-order valence-corrected chi connectivity index (χ2v) is 4.46. The van der Waals surface area contributed by atoms with Crippen LogP contribution in [0.3, 0.4) is 0 Å². The molecule has 0 aliphatic heterocycles. The van der Waals surface area contributed by atoms with Crippen LogP contribution in [0.2, 0.25) is 0 Å². The topological polar surface area (TPSA) is 79.5 Å². The standard InChI is InChI=1S/C14H12N4O2/c1-9-6-12-15-8-16-18(12)13(7-9)17-11-4-2-10(3-5-11)14(19)20/h2-8,17H,1H3,(H,19,20). The van der Waals surface area contributed by atoms with Crippen LogP contribution in [0.4, 0.5) is 11.5 Å². The zero-order valence-electron chi connectivity index (χ0n) is 10.7. The predicted octanol–water partition coefficient (Wildman–Crippen LogP) is 2.48. The van der Waals surface area contributed by atoms with Gasteiger partial charge in [0.1, 0.15) is 12.1 Å². The molecule has 0 aliphatic carbocycles. The van der Waals surface area contributed by atoms with Gasteiger partial charge in [0.2, 0.25) is 0 Å². The van der Waals surface area contributed by atoms with Gasteiger partial charge in [-0.05, 0) is 48.9 Å². The van der Waals surface area contributed by atoms with Crippen LogP contribution in [0.5, 0.6) is 0 Å². The number of carboxylic acid groups (broad SMARTS) is 1. The molecule has 0 saturated heterocycles. The van der Waals surface area contributed by atoms with Crippen molar-refractivity contribution in [3.05, 3.63) is 53.9 Å². The number of aryl methyl sites for hydroxylation is 1. The molecule has 20 heavy (non-hydrogen) atoms. The summed E-state index contributed by atoms with van der Waals surface area (Å²) in [7, 11) is 0. The number of benzene rings is 1. The number of carboxylic acids is 1. The van der Waals surface area contributed by atoms with Gasteiger partial charge in [-0.1, -0.05) is 0 Å². The molecular formula is C14H12N4O2. The van der Waals surface area contributed by atoms with Crippen molar-refractivity contribution in [3.63, 3.8) is 0 Å². The Morgan fingerprint density at radius 1 is 1.25 bits per heavy atom. The van der Waals surface area contributed by atoms with Crippen LogP contribution in [0.15, 0.2) is 42.7 Å². The van der Waals surface area contributed by atoms with Gasteiger partial charge in [0.15, 0.2) is 5.65 Å². The molecule has 100 valence electrons. The van der Waals surface area contributed by atoms with E-state index in [0.717, 1.165) is 22.7 Å². The van der Waals surface area contributed by atoms with Gasteiger partial charge in [-0.3, -0.25) is 0 Å². The third-order valence-electron chi connectivity index (χ3n) is 2.93. The van der Waals surface area contributed by atoms with Crippen molar-refractivity contribution in [1.29, 1.82) is 0 Å². The smallest absolute Gasteiger partial charge is 0.335 e. The molecule has 0 spiro atoms. The van der Waals surface area contributed by atoms with Crippen molar-refractivity contribution in [2.24, 2.45) is 0 Å². The summed E-state index contributed by atoms with van der Waals surface area (Å²) in [5, 5.41) is 16.2. The van der Waals surface area contributed by atoms with Crippen LogP contribution >= 0.6 is 0 Å². The first-order valence-electron chi connectivity index (χ1n) is 6.04. The molecule has 0 atom stereocenters. The molecule has 3 aromatic rings. The third kappa shape index (κ3) is 2.18. The number of rotatable bonds is 3. The summed E-state index contributed by atoms with van der Waals surface area (Å²) in [5.74, 6) is -0.161. The molecule has 0 saturated carbocycles. The maximum atomic E-state index is 10.8. The number of fused-ring (bicyclic) bond motifs is 1. The van der Waals surface area contributed by atoms with Crippen LogP contribution in [0.1, 0.15) is 15.9 Å². The molecule has 6 heteroatoms. The molecule has 0 unspecified atom stereocenters. The number of carbonyl (C=O) groups is 1. The minimum Gasteiger partial charge on any atom is -0.478 e. The van der Waals surface area contributed by atoms with Gasteiger partial charge in [-0.15, -0.1) is 0 Å². The van der Waals surface area contributed by atoms with Crippen LogP contribution < -0.4 is 5.32 Å². The van der Waals surface area contributed by atoms with E-state index in [4.69, 9.17) is 5.11 Å². The summed E-state index contributed by atoms with van der Waals surface area (Å²) in [6, 6.07) is 10.4. The first-order chi connectivity index (χ1) is 9.63. The Labute approximate surface area is 114 Å². The van der Waals surface area contributed by atoms with Gasteiger partial charge in [0.25, 0.3) is 0 Å². The lowest BCUT2D eigenvalue weighted by molar-refractivity contribution is 0.0697. The number of aromatic nitrogens is 3. The van der Waals surface area contributed by atoms with Crippen LogP contribution in [0.25, 0.3) is 5.65 Å². The summed E-state index contributed by atoms with van der Waals surface area (Å²) < 4.78 is 1.69. The highest BCUT2D eigenvalue weighted by Gasteiger charge is 2.06. The van der Waals surface area contributed by atoms with E-state index >= 15 is 0 Å². The van der Waals surface area contributed by atoms with Crippen LogP contribution in [-0.2, 0) is 0 Å². The van der Waals surface area contributed by atoms with Crippen molar-refractivity contribution >= 4 is 23.1 Å². The molecular weight excluding hydrogens is 256 g/mol. The molecule has 2 heterocycles. The summed E-state index contributed by atoms with van der Waals surface area (Å²) >= 11 is 0. The average Bonchev–Trinajstić information content (AvgIpc) is 2.87. The number of pyridine rings is 1. The minimum atomic E-state index is -0.939. The monoisotopic (exact) mass is 268 g/mol. The Bertz CT molecular complexity index is 777. The van der Waals surface area contributed by atoms with E-state index in [2.05, 4.69) is 15.4 Å². The Hall–Kier alpha value is -2.89. The Morgan fingerprint density at radius 2 is 2.00 bits per heavy atom. The Morgan fingerprint density at radius 3 is 2.70 bits per heavy atom. The summed E-state index contributed by atoms with van der Waals surface area (Å²) in [6.07, 6.45) is 1.49. The number of nitrogens with one attached hydrogen (secondary N) is 1. The Kier molecular flexibility index (Phi) is 2.83. The molecule has 0 bridgehead atoms. The highest BCUT2D eigenvalue weighted by atomic mass is 16.4. The summed E-state index contributed by atoms with van der Waals surface area (Å²) in [6.45, 7) is 1.98. The van der Waals surface area contributed by atoms with E-state index in [-0.39, 0.29) is 5.56 Å². The molecule has 0 amide bonds. The minimum absolute atomic E-state index is 0.255. The maximum absolute atomic E-state index is 10.8. The highest BCUT2D eigenvalue weighted by molar-refractivity contribution is 5.88. The van der Waals surface area contributed by atoms with Crippen LogP contribution in [-0.4, -0.2) is 25.7 Å². The number of aromatic carboxylic acids is 1. The van der Waals surface area contributed by atoms with Gasteiger partial charge >= 0.3 is 5.97 Å². The first kappa shape index (κ1) is 12.2. The largest absolute Gasteiger partial charge is 0.478 e. The molecule has 3 rings (SSSR count). The number of hydrogen-bond acceptors (Lipinski definition) is 4. The molecule has 2 N–H and O–H groups in total. The lowest BCUT2D eigenvalue weighted by Crippen LogP contribution is -2.01. The second kappa shape index (κ2) is 4.65. The lowest BCUT2D eigenvalue weighted by Gasteiger charge is -2.09. The van der Waals surface area contributed by atoms with Crippen LogP contribution in [0, 0.1) is 6.92 Å². The normalized spacial score (nSPS) is 10.7. The molecule has 0 radical (unpaired) electrons. The zero-order chi connectivity index (χ0) is 14.1. The van der Waals surface area contributed by atoms with Crippen molar-refractivity contribution in [2.45, 2.75) is 6.92 Å². The third-order valence-corrected chi connectivity index (χ3v) is 2.93. The molecule has 0 aliphatic rings. The molecule has 2 aromatic heterocycles. The second-order valence-electron chi connectivity index (χ2n) is 4.46. The molecule has 6 nitrogen and oxygen atoms in total. The lowest BCUT2D eigenvalue weighted by atomic mass is 10.2. The number of hydrogen-bond donors (Lipinski definition) is 2. The number of nitrogens with zero attached hydrogens (tertiary/aromatic N) is 3. The summed E-state index contributed by atoms with van der Waals surface area (Å²) in [5.41, 5.74) is 2.87. The van der Waals surface area contributed by atoms with Crippen molar-refractivity contribution in [3.8, 4) is 0 Å². The van der Waals surface area contributed by atoms with Gasteiger partial charge in [-0.25, -0.2) is 9.78 Å². The highest BCUT2D eigenvalue weighted by Crippen LogP contribution is 2.19. The SMILES string of the molecule is Cc1cc(Nc2ccc(C(=O)O)cc2)n2ncnc2c1. The first-order valence-corrected chi connectivity index (χ1v) is 6.04. The quantitative estimate of drug-likeness (QED) is 0.762. The fourth-order valence-corrected chi connectivity index (χ4v) is 1.99. The van der Waals surface area contributed by atoms with Gasteiger partial charge in [0, 0.05) is 5.69 Å². The van der Waals surface area contributed by atoms with Crippen molar-refractivity contribution in [1.82, 2.24) is 14.6 Å². The predicted molar refractivity (Wildman–Crippen MR) is 74.4 cm³/mol. The fraction of sp³-hybridized carbons (Fsp3) is 0.0714. The van der Waals surface area contributed by atoms with Crippen molar-refractivity contribution in [2.75, 3.05) is 5.32 Å². The fourth-order valence-electron chi connectivity index (χ4n) is 1.99. The van der Waals surface area contributed by atoms with E-state index in [1.54, 1.807) is 28.8 Å².